The van der Waals surface area contributed by atoms with Gasteiger partial charge in [0, 0.05) is 12.4 Å². The summed E-state index contributed by atoms with van der Waals surface area (Å²) < 4.78 is 11.1. The summed E-state index contributed by atoms with van der Waals surface area (Å²) in [6, 6.07) is 0. The number of allylic oxidation sites excluding steroid dienone is 1. The zero-order valence-electron chi connectivity index (χ0n) is 13.3. The summed E-state index contributed by atoms with van der Waals surface area (Å²) in [5.74, 6) is -0.548. The third-order valence-electron chi connectivity index (χ3n) is 3.71. The molecule has 0 heterocycles. The van der Waals surface area contributed by atoms with E-state index in [1.807, 2.05) is 13.8 Å². The second kappa shape index (κ2) is 9.37. The Morgan fingerprint density at radius 3 is 2.27 bits per heavy atom. The molecule has 6 nitrogen and oxygen atoms in total. The molecule has 0 aliphatic heterocycles. The zero-order valence-corrected chi connectivity index (χ0v) is 13.3. The van der Waals surface area contributed by atoms with E-state index in [0.717, 1.165) is 25.7 Å². The standard InChI is InChI=1S/C14H26B2O6/c1-3-5-9-21-12-7-8-14(16(19)20,22-10-6-4-2)13(11-12)15(17)18/h7-8,11,13,17-20H,3-6,9-10H2,1-2H3. The number of hydrogen-bond acceptors (Lipinski definition) is 6. The van der Waals surface area contributed by atoms with Gasteiger partial charge >= 0.3 is 14.2 Å². The van der Waals surface area contributed by atoms with Crippen molar-refractivity contribution in [2.75, 3.05) is 13.2 Å². The third kappa shape index (κ3) is 4.86. The average Bonchev–Trinajstić information content (AvgIpc) is 2.48. The second-order valence-corrected chi connectivity index (χ2v) is 5.47. The lowest BCUT2D eigenvalue weighted by Gasteiger charge is -2.38. The van der Waals surface area contributed by atoms with Crippen LogP contribution in [0.25, 0.3) is 0 Å². The second-order valence-electron chi connectivity index (χ2n) is 5.47. The zero-order chi connectivity index (χ0) is 16.6. The quantitative estimate of drug-likeness (QED) is 0.349. The topological polar surface area (TPSA) is 99.4 Å². The number of ether oxygens (including phenoxy) is 2. The number of hydrogen-bond donors (Lipinski definition) is 4. The summed E-state index contributed by atoms with van der Waals surface area (Å²) in [6.07, 6.45) is 8.00. The summed E-state index contributed by atoms with van der Waals surface area (Å²) in [5.41, 5.74) is -1.58. The van der Waals surface area contributed by atoms with Crippen LogP contribution in [0, 0.1) is 0 Å². The maximum absolute atomic E-state index is 9.73. The summed E-state index contributed by atoms with van der Waals surface area (Å²) in [5, 5.41) is 38.7. The molecule has 0 aromatic heterocycles. The number of unbranched alkanes of at least 4 members (excludes halogenated alkanes) is 2. The van der Waals surface area contributed by atoms with Crippen LogP contribution in [0.5, 0.6) is 0 Å². The van der Waals surface area contributed by atoms with E-state index in [0.29, 0.717) is 19.0 Å². The van der Waals surface area contributed by atoms with Gasteiger partial charge in [0.25, 0.3) is 0 Å². The van der Waals surface area contributed by atoms with Crippen molar-refractivity contribution in [3.63, 3.8) is 0 Å². The maximum Gasteiger partial charge on any atom is 0.490 e. The van der Waals surface area contributed by atoms with Crippen LogP contribution in [0.4, 0.5) is 0 Å². The van der Waals surface area contributed by atoms with Crippen molar-refractivity contribution in [3.8, 4) is 0 Å². The molecule has 1 rings (SSSR count). The minimum Gasteiger partial charge on any atom is -0.494 e. The number of rotatable bonds is 10. The predicted octanol–water partition coefficient (Wildman–Crippen LogP) is 0.667. The van der Waals surface area contributed by atoms with Gasteiger partial charge < -0.3 is 29.6 Å². The van der Waals surface area contributed by atoms with Crippen molar-refractivity contribution in [2.24, 2.45) is 0 Å². The van der Waals surface area contributed by atoms with Gasteiger partial charge in [0.2, 0.25) is 0 Å². The molecule has 0 fully saturated rings. The third-order valence-corrected chi connectivity index (χ3v) is 3.71. The molecule has 0 saturated heterocycles. The van der Waals surface area contributed by atoms with E-state index >= 15 is 0 Å². The molecule has 1 aliphatic rings. The van der Waals surface area contributed by atoms with Crippen molar-refractivity contribution >= 4 is 14.2 Å². The first kappa shape index (κ1) is 19.3. The van der Waals surface area contributed by atoms with Gasteiger partial charge in [0.1, 0.15) is 11.3 Å². The molecule has 0 spiro atoms. The van der Waals surface area contributed by atoms with Crippen LogP contribution < -0.4 is 0 Å². The summed E-state index contributed by atoms with van der Waals surface area (Å²) in [7, 11) is -3.67. The molecule has 0 aromatic rings. The van der Waals surface area contributed by atoms with Crippen LogP contribution in [-0.2, 0) is 9.47 Å². The highest BCUT2D eigenvalue weighted by atomic mass is 16.5. The van der Waals surface area contributed by atoms with Crippen LogP contribution in [0.1, 0.15) is 39.5 Å². The molecule has 1 aliphatic carbocycles. The minimum absolute atomic E-state index is 0.293. The molecule has 0 radical (unpaired) electrons. The Morgan fingerprint density at radius 1 is 1.09 bits per heavy atom. The Morgan fingerprint density at radius 2 is 1.73 bits per heavy atom. The summed E-state index contributed by atoms with van der Waals surface area (Å²) >= 11 is 0. The Balaban J connectivity index is 2.90. The van der Waals surface area contributed by atoms with Gasteiger partial charge in [-0.2, -0.15) is 0 Å². The molecule has 4 N–H and O–H groups in total. The lowest BCUT2D eigenvalue weighted by atomic mass is 9.49. The Bertz CT molecular complexity index is 386. The molecular weight excluding hydrogens is 286 g/mol. The van der Waals surface area contributed by atoms with E-state index in [-0.39, 0.29) is 0 Å². The van der Waals surface area contributed by atoms with E-state index in [4.69, 9.17) is 9.47 Å². The van der Waals surface area contributed by atoms with E-state index in [1.54, 1.807) is 6.08 Å². The predicted molar refractivity (Wildman–Crippen MR) is 85.8 cm³/mol. The molecular formula is C14H26B2O6. The first-order valence-corrected chi connectivity index (χ1v) is 7.88. The molecule has 0 saturated carbocycles. The van der Waals surface area contributed by atoms with Crippen LogP contribution in [0.2, 0.25) is 5.82 Å². The van der Waals surface area contributed by atoms with Gasteiger partial charge in [-0.3, -0.25) is 0 Å². The van der Waals surface area contributed by atoms with Crippen molar-refractivity contribution in [3.05, 3.63) is 24.0 Å². The van der Waals surface area contributed by atoms with E-state index < -0.39 is 25.6 Å². The minimum atomic E-state index is -1.87. The van der Waals surface area contributed by atoms with E-state index in [1.165, 1.54) is 12.2 Å². The highest BCUT2D eigenvalue weighted by molar-refractivity contribution is 6.53. The summed E-state index contributed by atoms with van der Waals surface area (Å²) in [6.45, 7) is 4.84. The molecule has 2 atom stereocenters. The monoisotopic (exact) mass is 312 g/mol. The van der Waals surface area contributed by atoms with Crippen LogP contribution in [-0.4, -0.2) is 53.0 Å². The fraction of sp³-hybridized carbons (Fsp3) is 0.714. The Kier molecular flexibility index (Phi) is 8.20. The average molecular weight is 312 g/mol. The van der Waals surface area contributed by atoms with Crippen LogP contribution >= 0.6 is 0 Å². The Hall–Kier alpha value is -0.790. The van der Waals surface area contributed by atoms with Crippen molar-refractivity contribution in [1.82, 2.24) is 0 Å². The lowest BCUT2D eigenvalue weighted by molar-refractivity contribution is 0.0181. The van der Waals surface area contributed by atoms with Crippen molar-refractivity contribution < 1.29 is 29.6 Å². The first-order valence-electron chi connectivity index (χ1n) is 7.88. The molecule has 0 amide bonds. The molecule has 0 bridgehead atoms. The Labute approximate surface area is 132 Å². The molecule has 124 valence electrons. The van der Waals surface area contributed by atoms with Gasteiger partial charge in [-0.1, -0.05) is 32.8 Å². The van der Waals surface area contributed by atoms with Crippen LogP contribution in [0.15, 0.2) is 24.0 Å². The van der Waals surface area contributed by atoms with Gasteiger partial charge in [-0.05, 0) is 25.0 Å². The smallest absolute Gasteiger partial charge is 0.490 e. The summed E-state index contributed by atoms with van der Waals surface area (Å²) in [4.78, 5) is 0. The lowest BCUT2D eigenvalue weighted by Crippen LogP contribution is -2.55. The fourth-order valence-corrected chi connectivity index (χ4v) is 2.31. The highest BCUT2D eigenvalue weighted by Crippen LogP contribution is 2.38. The molecule has 8 heteroatoms. The maximum atomic E-state index is 9.73. The van der Waals surface area contributed by atoms with Crippen molar-refractivity contribution in [1.29, 1.82) is 0 Å². The van der Waals surface area contributed by atoms with Crippen LogP contribution in [0.3, 0.4) is 0 Å². The van der Waals surface area contributed by atoms with Crippen molar-refractivity contribution in [2.45, 2.75) is 50.8 Å². The van der Waals surface area contributed by atoms with Gasteiger partial charge in [0.05, 0.1) is 6.61 Å². The largest absolute Gasteiger partial charge is 0.494 e. The fourth-order valence-electron chi connectivity index (χ4n) is 2.31. The molecule has 22 heavy (non-hydrogen) atoms. The normalized spacial score (nSPS) is 24.1. The SMILES string of the molecule is CCCCOC1=CC(B(O)O)C(OCCCC)(B(O)O)C=C1. The van der Waals surface area contributed by atoms with E-state index in [2.05, 4.69) is 0 Å². The van der Waals surface area contributed by atoms with Gasteiger partial charge in [0.15, 0.2) is 0 Å². The first-order chi connectivity index (χ1) is 10.5. The van der Waals surface area contributed by atoms with Gasteiger partial charge in [-0.25, -0.2) is 0 Å². The molecule has 2 unspecified atom stereocenters. The molecule has 0 aromatic carbocycles. The van der Waals surface area contributed by atoms with E-state index in [9.17, 15) is 20.1 Å². The van der Waals surface area contributed by atoms with Gasteiger partial charge in [-0.15, -0.1) is 0 Å². The highest BCUT2D eigenvalue weighted by Gasteiger charge is 2.53.